The number of ether oxygens (including phenoxy) is 1. The van der Waals surface area contributed by atoms with Gasteiger partial charge in [0.05, 0.1) is 17.7 Å². The van der Waals surface area contributed by atoms with Crippen LogP contribution in [0.15, 0.2) is 17.8 Å². The van der Waals surface area contributed by atoms with Gasteiger partial charge in [-0.15, -0.1) is 22.7 Å². The van der Waals surface area contributed by atoms with E-state index in [0.717, 1.165) is 44.5 Å². The van der Waals surface area contributed by atoms with Crippen LogP contribution in [0.4, 0.5) is 0 Å². The summed E-state index contributed by atoms with van der Waals surface area (Å²) in [5, 5.41) is 9.26. The molecule has 23 heavy (non-hydrogen) atoms. The molecule has 2 aromatic heterocycles. The summed E-state index contributed by atoms with van der Waals surface area (Å²) >= 11 is 3.11. The molecule has 5 nitrogen and oxygen atoms in total. The summed E-state index contributed by atoms with van der Waals surface area (Å²) in [6, 6.07) is 1.85. The van der Waals surface area contributed by atoms with Crippen molar-refractivity contribution in [2.24, 2.45) is 0 Å². The summed E-state index contributed by atoms with van der Waals surface area (Å²) in [4.78, 5) is 20.8. The summed E-state index contributed by atoms with van der Waals surface area (Å²) in [5.41, 5.74) is 2.72. The molecule has 1 fully saturated rings. The fraction of sp³-hybridized carbons (Fsp3) is 0.500. The molecule has 0 aliphatic carbocycles. The fourth-order valence-corrected chi connectivity index (χ4v) is 5.25. The third-order valence-electron chi connectivity index (χ3n) is 4.74. The number of rotatable bonds is 3. The van der Waals surface area contributed by atoms with Crippen molar-refractivity contribution in [3.05, 3.63) is 38.0 Å². The number of nitrogens with zero attached hydrogens (tertiary/aromatic N) is 2. The minimum absolute atomic E-state index is 0.276. The molecule has 0 bridgehead atoms. The molecular weight excluding hydrogens is 332 g/mol. The van der Waals surface area contributed by atoms with Gasteiger partial charge in [0, 0.05) is 42.0 Å². The Balaban J connectivity index is 1.52. The Bertz CT molecular complexity index is 703. The van der Waals surface area contributed by atoms with Gasteiger partial charge in [-0.25, -0.2) is 4.79 Å². The van der Waals surface area contributed by atoms with E-state index in [1.165, 1.54) is 21.1 Å². The topological polar surface area (TPSA) is 62.7 Å². The molecule has 4 heterocycles. The van der Waals surface area contributed by atoms with Crippen molar-refractivity contribution in [2.45, 2.75) is 31.4 Å². The number of carboxylic acids is 1. The van der Waals surface area contributed by atoms with Crippen molar-refractivity contribution >= 4 is 28.6 Å². The largest absolute Gasteiger partial charge is 0.477 e. The van der Waals surface area contributed by atoms with Gasteiger partial charge in [0.2, 0.25) is 0 Å². The number of hydrogen-bond acceptors (Lipinski definition) is 6. The highest BCUT2D eigenvalue weighted by Crippen LogP contribution is 2.44. The van der Waals surface area contributed by atoms with Crippen LogP contribution in [0.2, 0.25) is 0 Å². The van der Waals surface area contributed by atoms with Crippen LogP contribution in [0.5, 0.6) is 0 Å². The van der Waals surface area contributed by atoms with Crippen molar-refractivity contribution in [3.8, 4) is 0 Å². The number of hydrogen-bond donors (Lipinski definition) is 1. The number of likely N-dealkylation sites (tertiary alicyclic amines) is 1. The van der Waals surface area contributed by atoms with Crippen LogP contribution >= 0.6 is 22.7 Å². The van der Waals surface area contributed by atoms with E-state index in [9.17, 15) is 9.90 Å². The first-order chi connectivity index (χ1) is 11.2. The van der Waals surface area contributed by atoms with E-state index >= 15 is 0 Å². The second kappa shape index (κ2) is 5.98. The number of aromatic carboxylic acids is 1. The molecule has 1 saturated heterocycles. The highest BCUT2D eigenvalue weighted by molar-refractivity contribution is 7.14. The van der Waals surface area contributed by atoms with Crippen LogP contribution in [0.1, 0.15) is 37.8 Å². The average molecular weight is 350 g/mol. The lowest BCUT2D eigenvalue weighted by atomic mass is 9.82. The van der Waals surface area contributed by atoms with E-state index in [1.54, 1.807) is 11.3 Å². The molecule has 0 atom stereocenters. The average Bonchev–Trinajstić information content (AvgIpc) is 3.20. The van der Waals surface area contributed by atoms with Gasteiger partial charge in [0.1, 0.15) is 4.88 Å². The summed E-state index contributed by atoms with van der Waals surface area (Å²) in [6.07, 6.45) is 4.62. The summed E-state index contributed by atoms with van der Waals surface area (Å²) in [5.74, 6) is -0.831. The zero-order valence-electron chi connectivity index (χ0n) is 12.7. The molecule has 0 aromatic carbocycles. The maximum atomic E-state index is 11.3. The quantitative estimate of drug-likeness (QED) is 0.922. The second-order valence-electron chi connectivity index (χ2n) is 6.09. The van der Waals surface area contributed by atoms with E-state index in [1.807, 2.05) is 17.8 Å². The Labute approximate surface area is 142 Å². The lowest BCUT2D eigenvalue weighted by Gasteiger charge is -2.44. The maximum absolute atomic E-state index is 11.3. The van der Waals surface area contributed by atoms with Gasteiger partial charge in [0.15, 0.2) is 0 Å². The van der Waals surface area contributed by atoms with E-state index in [0.29, 0.717) is 11.5 Å². The van der Waals surface area contributed by atoms with Crippen molar-refractivity contribution in [2.75, 3.05) is 19.7 Å². The lowest BCUT2D eigenvalue weighted by molar-refractivity contribution is -0.0980. The molecule has 1 spiro atoms. The number of carbonyl (C=O) groups is 1. The zero-order chi connectivity index (χ0) is 15.9. The Morgan fingerprint density at radius 2 is 2.26 bits per heavy atom. The monoisotopic (exact) mass is 350 g/mol. The normalized spacial score (nSPS) is 20.5. The number of aromatic nitrogens is 1. The SMILES string of the molecule is O=C(O)c1cc2c(s1)CCOC21CCN(Cc2cncs2)CC1. The Morgan fingerprint density at radius 1 is 1.43 bits per heavy atom. The van der Waals surface area contributed by atoms with Gasteiger partial charge in [-0.1, -0.05) is 0 Å². The third-order valence-corrected chi connectivity index (χ3v) is 6.69. The van der Waals surface area contributed by atoms with Crippen LogP contribution in [0.3, 0.4) is 0 Å². The Kier molecular flexibility index (Phi) is 3.96. The van der Waals surface area contributed by atoms with Gasteiger partial charge in [0.25, 0.3) is 0 Å². The van der Waals surface area contributed by atoms with E-state index < -0.39 is 5.97 Å². The zero-order valence-corrected chi connectivity index (χ0v) is 14.3. The standard InChI is InChI=1S/C16H18N2O3S2/c19-15(20)14-7-12-13(23-14)1-6-21-16(12)2-4-18(5-3-16)9-11-8-17-10-22-11/h7-8,10H,1-6,9H2,(H,19,20). The number of piperidine rings is 1. The first-order valence-electron chi connectivity index (χ1n) is 7.76. The van der Waals surface area contributed by atoms with Crippen LogP contribution in [-0.2, 0) is 23.3 Å². The molecule has 0 amide bonds. The van der Waals surface area contributed by atoms with Crippen molar-refractivity contribution < 1.29 is 14.6 Å². The van der Waals surface area contributed by atoms with Gasteiger partial charge in [-0.3, -0.25) is 9.88 Å². The number of carboxylic acid groups (broad SMARTS) is 1. The highest BCUT2D eigenvalue weighted by Gasteiger charge is 2.42. The van der Waals surface area contributed by atoms with E-state index in [-0.39, 0.29) is 5.60 Å². The molecule has 0 saturated carbocycles. The third kappa shape index (κ3) is 2.82. The van der Waals surface area contributed by atoms with Crippen molar-refractivity contribution in [3.63, 3.8) is 0 Å². The Morgan fingerprint density at radius 3 is 2.96 bits per heavy atom. The van der Waals surface area contributed by atoms with E-state index in [4.69, 9.17) is 4.74 Å². The minimum atomic E-state index is -0.831. The first-order valence-corrected chi connectivity index (χ1v) is 9.46. The second-order valence-corrected chi connectivity index (χ2v) is 8.20. The van der Waals surface area contributed by atoms with Crippen LogP contribution in [0.25, 0.3) is 0 Å². The number of thiazole rings is 1. The van der Waals surface area contributed by atoms with E-state index in [2.05, 4.69) is 9.88 Å². The number of fused-ring (bicyclic) bond motifs is 2. The smallest absolute Gasteiger partial charge is 0.345 e. The van der Waals surface area contributed by atoms with Gasteiger partial charge >= 0.3 is 5.97 Å². The maximum Gasteiger partial charge on any atom is 0.345 e. The summed E-state index contributed by atoms with van der Waals surface area (Å²) in [7, 11) is 0. The van der Waals surface area contributed by atoms with Crippen molar-refractivity contribution in [1.29, 1.82) is 0 Å². The molecular formula is C16H18N2O3S2. The fourth-order valence-electron chi connectivity index (χ4n) is 3.55. The molecule has 7 heteroatoms. The van der Waals surface area contributed by atoms with Gasteiger partial charge < -0.3 is 9.84 Å². The predicted molar refractivity (Wildman–Crippen MR) is 89.2 cm³/mol. The summed E-state index contributed by atoms with van der Waals surface area (Å²) < 4.78 is 6.19. The molecule has 0 unspecified atom stereocenters. The lowest BCUT2D eigenvalue weighted by Crippen LogP contribution is -2.45. The molecule has 0 radical (unpaired) electrons. The predicted octanol–water partition coefficient (Wildman–Crippen LogP) is 2.97. The molecule has 122 valence electrons. The van der Waals surface area contributed by atoms with Crippen LogP contribution in [0, 0.1) is 0 Å². The number of thiophene rings is 1. The molecule has 1 N–H and O–H groups in total. The highest BCUT2D eigenvalue weighted by atomic mass is 32.1. The Hall–Kier alpha value is -1.28. The molecule has 4 rings (SSSR count). The van der Waals surface area contributed by atoms with Crippen LogP contribution < -0.4 is 0 Å². The van der Waals surface area contributed by atoms with Gasteiger partial charge in [-0.05, 0) is 24.5 Å². The molecule has 2 aliphatic heterocycles. The van der Waals surface area contributed by atoms with Crippen LogP contribution in [-0.4, -0.2) is 40.7 Å². The van der Waals surface area contributed by atoms with Gasteiger partial charge in [-0.2, -0.15) is 0 Å². The molecule has 2 aromatic rings. The van der Waals surface area contributed by atoms with Crippen molar-refractivity contribution in [1.82, 2.24) is 9.88 Å². The minimum Gasteiger partial charge on any atom is -0.477 e. The summed E-state index contributed by atoms with van der Waals surface area (Å²) in [6.45, 7) is 3.57. The molecule has 2 aliphatic rings. The first kappa shape index (κ1) is 15.3.